The van der Waals surface area contributed by atoms with Crippen molar-refractivity contribution in [1.82, 2.24) is 5.32 Å². The standard InChI is InChI=1S/C13H21NO3/c1-11(10-15)9-14-7-8-17-13-5-3-12(16-2)4-6-13/h3-6,11,14-15H,7-10H2,1-2H3. The molecule has 0 heterocycles. The summed E-state index contributed by atoms with van der Waals surface area (Å²) in [4.78, 5) is 0. The van der Waals surface area contributed by atoms with Gasteiger partial charge in [-0.1, -0.05) is 6.92 Å². The van der Waals surface area contributed by atoms with E-state index < -0.39 is 0 Å². The summed E-state index contributed by atoms with van der Waals surface area (Å²) in [5, 5.41) is 12.1. The Kier molecular flexibility index (Phi) is 6.43. The molecule has 0 aromatic heterocycles. The summed E-state index contributed by atoms with van der Waals surface area (Å²) in [5.41, 5.74) is 0. The summed E-state index contributed by atoms with van der Waals surface area (Å²) in [6, 6.07) is 7.51. The van der Waals surface area contributed by atoms with E-state index in [1.165, 1.54) is 0 Å². The highest BCUT2D eigenvalue weighted by Gasteiger charge is 1.98. The second kappa shape index (κ2) is 7.92. The van der Waals surface area contributed by atoms with Crippen LogP contribution in [-0.2, 0) is 0 Å². The smallest absolute Gasteiger partial charge is 0.119 e. The first-order valence-corrected chi connectivity index (χ1v) is 5.84. The Bertz CT molecular complexity index is 300. The van der Waals surface area contributed by atoms with Gasteiger partial charge in [-0.3, -0.25) is 0 Å². The van der Waals surface area contributed by atoms with Crippen molar-refractivity contribution >= 4 is 0 Å². The van der Waals surface area contributed by atoms with E-state index in [-0.39, 0.29) is 12.5 Å². The molecule has 0 bridgehead atoms. The van der Waals surface area contributed by atoms with E-state index in [1.54, 1.807) is 7.11 Å². The number of rotatable bonds is 8. The van der Waals surface area contributed by atoms with Gasteiger partial charge in [0.15, 0.2) is 0 Å². The van der Waals surface area contributed by atoms with E-state index in [1.807, 2.05) is 31.2 Å². The lowest BCUT2D eigenvalue weighted by atomic mass is 10.2. The van der Waals surface area contributed by atoms with Crippen molar-refractivity contribution in [2.24, 2.45) is 5.92 Å². The first-order valence-electron chi connectivity index (χ1n) is 5.84. The molecule has 0 radical (unpaired) electrons. The molecule has 0 aliphatic heterocycles. The molecule has 4 heteroatoms. The van der Waals surface area contributed by atoms with Crippen molar-refractivity contribution < 1.29 is 14.6 Å². The zero-order valence-corrected chi connectivity index (χ0v) is 10.5. The zero-order chi connectivity index (χ0) is 12.5. The first kappa shape index (κ1) is 13.8. The van der Waals surface area contributed by atoms with E-state index >= 15 is 0 Å². The Morgan fingerprint density at radius 2 is 1.88 bits per heavy atom. The summed E-state index contributed by atoms with van der Waals surface area (Å²) >= 11 is 0. The minimum absolute atomic E-state index is 0.215. The summed E-state index contributed by atoms with van der Waals surface area (Å²) in [6.45, 7) is 4.41. The van der Waals surface area contributed by atoms with Crippen molar-refractivity contribution in [2.45, 2.75) is 6.92 Å². The molecule has 17 heavy (non-hydrogen) atoms. The van der Waals surface area contributed by atoms with Gasteiger partial charge >= 0.3 is 0 Å². The highest BCUT2D eigenvalue weighted by molar-refractivity contribution is 5.31. The summed E-state index contributed by atoms with van der Waals surface area (Å²) < 4.78 is 10.6. The van der Waals surface area contributed by atoms with Gasteiger partial charge in [-0.15, -0.1) is 0 Å². The maximum Gasteiger partial charge on any atom is 0.119 e. The molecule has 1 unspecified atom stereocenters. The van der Waals surface area contributed by atoms with Gasteiger partial charge in [0.05, 0.1) is 7.11 Å². The zero-order valence-electron chi connectivity index (χ0n) is 10.5. The molecule has 2 N–H and O–H groups in total. The molecular formula is C13H21NO3. The molecule has 0 aliphatic rings. The average molecular weight is 239 g/mol. The van der Waals surface area contributed by atoms with Gasteiger partial charge in [-0.2, -0.15) is 0 Å². The van der Waals surface area contributed by atoms with Gasteiger partial charge < -0.3 is 19.9 Å². The second-order valence-corrected chi connectivity index (χ2v) is 4.02. The quantitative estimate of drug-likeness (QED) is 0.671. The maximum atomic E-state index is 8.84. The number of aliphatic hydroxyl groups excluding tert-OH is 1. The lowest BCUT2D eigenvalue weighted by Gasteiger charge is -2.10. The highest BCUT2D eigenvalue weighted by atomic mass is 16.5. The van der Waals surface area contributed by atoms with Crippen LogP contribution >= 0.6 is 0 Å². The molecule has 0 saturated carbocycles. The fourth-order valence-electron chi connectivity index (χ4n) is 1.33. The molecule has 0 saturated heterocycles. The fraction of sp³-hybridized carbons (Fsp3) is 0.538. The second-order valence-electron chi connectivity index (χ2n) is 4.02. The van der Waals surface area contributed by atoms with Gasteiger partial charge in [0.1, 0.15) is 18.1 Å². The maximum absolute atomic E-state index is 8.84. The van der Waals surface area contributed by atoms with E-state index in [0.29, 0.717) is 6.61 Å². The predicted octanol–water partition coefficient (Wildman–Crippen LogP) is 1.29. The Morgan fingerprint density at radius 1 is 1.24 bits per heavy atom. The van der Waals surface area contributed by atoms with Gasteiger partial charge in [0.2, 0.25) is 0 Å². The number of ether oxygens (including phenoxy) is 2. The number of aliphatic hydroxyl groups is 1. The lowest BCUT2D eigenvalue weighted by Crippen LogP contribution is -2.27. The van der Waals surface area contributed by atoms with Crippen LogP contribution in [0.1, 0.15) is 6.92 Å². The molecule has 0 spiro atoms. The van der Waals surface area contributed by atoms with Crippen LogP contribution in [0.15, 0.2) is 24.3 Å². The van der Waals surface area contributed by atoms with Crippen molar-refractivity contribution in [3.8, 4) is 11.5 Å². The van der Waals surface area contributed by atoms with E-state index in [2.05, 4.69) is 5.32 Å². The molecular weight excluding hydrogens is 218 g/mol. The third-order valence-electron chi connectivity index (χ3n) is 2.41. The van der Waals surface area contributed by atoms with Crippen LogP contribution in [-0.4, -0.2) is 38.5 Å². The molecule has 4 nitrogen and oxygen atoms in total. The van der Waals surface area contributed by atoms with E-state index in [0.717, 1.165) is 24.6 Å². The predicted molar refractivity (Wildman–Crippen MR) is 67.6 cm³/mol. The van der Waals surface area contributed by atoms with Crippen LogP contribution in [0.4, 0.5) is 0 Å². The van der Waals surface area contributed by atoms with Gasteiger partial charge in [0.25, 0.3) is 0 Å². The Hall–Kier alpha value is -1.26. The van der Waals surface area contributed by atoms with Crippen molar-refractivity contribution in [2.75, 3.05) is 33.4 Å². The first-order chi connectivity index (χ1) is 8.26. The van der Waals surface area contributed by atoms with E-state index in [9.17, 15) is 0 Å². The number of nitrogens with one attached hydrogen (secondary N) is 1. The van der Waals surface area contributed by atoms with Crippen LogP contribution in [0.2, 0.25) is 0 Å². The van der Waals surface area contributed by atoms with E-state index in [4.69, 9.17) is 14.6 Å². The monoisotopic (exact) mass is 239 g/mol. The summed E-state index contributed by atoms with van der Waals surface area (Å²) in [6.07, 6.45) is 0. The van der Waals surface area contributed by atoms with Gasteiger partial charge in [0, 0.05) is 19.7 Å². The SMILES string of the molecule is COc1ccc(OCCNCC(C)CO)cc1. The van der Waals surface area contributed by atoms with Crippen molar-refractivity contribution in [3.05, 3.63) is 24.3 Å². The molecule has 1 atom stereocenters. The Morgan fingerprint density at radius 3 is 2.47 bits per heavy atom. The number of methoxy groups -OCH3 is 1. The molecule has 0 amide bonds. The van der Waals surface area contributed by atoms with Crippen LogP contribution in [0.5, 0.6) is 11.5 Å². The van der Waals surface area contributed by atoms with Crippen molar-refractivity contribution in [1.29, 1.82) is 0 Å². The van der Waals surface area contributed by atoms with Crippen LogP contribution in [0.25, 0.3) is 0 Å². The van der Waals surface area contributed by atoms with Gasteiger partial charge in [-0.05, 0) is 30.2 Å². The molecule has 0 fully saturated rings. The van der Waals surface area contributed by atoms with Crippen LogP contribution in [0.3, 0.4) is 0 Å². The minimum atomic E-state index is 0.215. The Balaban J connectivity index is 2.13. The largest absolute Gasteiger partial charge is 0.497 e. The molecule has 0 aliphatic carbocycles. The summed E-state index contributed by atoms with van der Waals surface area (Å²) in [5.74, 6) is 1.95. The van der Waals surface area contributed by atoms with Crippen LogP contribution < -0.4 is 14.8 Å². The van der Waals surface area contributed by atoms with Crippen LogP contribution in [0, 0.1) is 5.92 Å². The topological polar surface area (TPSA) is 50.7 Å². The number of benzene rings is 1. The van der Waals surface area contributed by atoms with Crippen molar-refractivity contribution in [3.63, 3.8) is 0 Å². The third kappa shape index (κ3) is 5.56. The molecule has 1 aromatic rings. The average Bonchev–Trinajstić information content (AvgIpc) is 2.38. The van der Waals surface area contributed by atoms with Gasteiger partial charge in [-0.25, -0.2) is 0 Å². The summed E-state index contributed by atoms with van der Waals surface area (Å²) in [7, 11) is 1.64. The lowest BCUT2D eigenvalue weighted by molar-refractivity contribution is 0.230. The fourth-order valence-corrected chi connectivity index (χ4v) is 1.33. The molecule has 1 aromatic carbocycles. The Labute approximate surface area is 103 Å². The number of hydrogen-bond acceptors (Lipinski definition) is 4. The third-order valence-corrected chi connectivity index (χ3v) is 2.41. The number of hydrogen-bond donors (Lipinski definition) is 2. The highest BCUT2D eigenvalue weighted by Crippen LogP contribution is 2.16. The minimum Gasteiger partial charge on any atom is -0.497 e. The molecule has 1 rings (SSSR count). The molecule has 96 valence electrons. The normalized spacial score (nSPS) is 12.2.